The Morgan fingerprint density at radius 1 is 1.31 bits per heavy atom. The van der Waals surface area contributed by atoms with Crippen molar-refractivity contribution in [2.24, 2.45) is 0 Å². The topological polar surface area (TPSA) is 107 Å². The molecular weight excluding hydrogens is 178 g/mol. The smallest absolute Gasteiger partial charge is 0.320 e. The minimum atomic E-state index is -1.10. The molecule has 0 aliphatic rings. The summed E-state index contributed by atoms with van der Waals surface area (Å²) in [5.74, 6) is -2.13. The molecule has 0 aromatic heterocycles. The summed E-state index contributed by atoms with van der Waals surface area (Å²) in [7, 11) is 0. The quantitative estimate of drug-likeness (QED) is 0.406. The number of carboxylic acid groups (broad SMARTS) is 2. The Labute approximate surface area is 75.2 Å². The van der Waals surface area contributed by atoms with E-state index in [1.807, 2.05) is 0 Å². The highest BCUT2D eigenvalue weighted by molar-refractivity contribution is 5.75. The third kappa shape index (κ3) is 6.06. The molecule has 0 aromatic carbocycles. The molecule has 6 heteroatoms. The molecule has 4 N–H and O–H groups in total. The molecule has 0 spiro atoms. The molecule has 0 saturated heterocycles. The van der Waals surface area contributed by atoms with Crippen molar-refractivity contribution in [2.45, 2.75) is 18.9 Å². The zero-order valence-corrected chi connectivity index (χ0v) is 7.06. The molecule has 0 amide bonds. The summed E-state index contributed by atoms with van der Waals surface area (Å²) in [5, 5.41) is 27.8. The van der Waals surface area contributed by atoms with E-state index >= 15 is 0 Å². The molecule has 0 aliphatic carbocycles. The Bertz CT molecular complexity index is 182. The van der Waals surface area contributed by atoms with Gasteiger partial charge in [0.05, 0.1) is 6.61 Å². The molecule has 1 unspecified atom stereocenters. The third-order valence-corrected chi connectivity index (χ3v) is 1.45. The van der Waals surface area contributed by atoms with E-state index in [2.05, 4.69) is 5.32 Å². The van der Waals surface area contributed by atoms with Gasteiger partial charge in [-0.1, -0.05) is 0 Å². The van der Waals surface area contributed by atoms with Crippen molar-refractivity contribution in [1.82, 2.24) is 5.32 Å². The van der Waals surface area contributed by atoms with Crippen LogP contribution in [0.25, 0.3) is 0 Å². The molecular formula is C7H13NO5. The Kier molecular flexibility index (Phi) is 5.82. The standard InChI is InChI=1S/C7H13NO5/c9-4-3-8-5(7(12)13)1-2-6(10)11/h5,8-9H,1-4H2,(H,10,11)(H,12,13). The molecule has 0 heterocycles. The monoisotopic (exact) mass is 191 g/mol. The number of hydrogen-bond acceptors (Lipinski definition) is 4. The van der Waals surface area contributed by atoms with Crippen LogP contribution in [0.2, 0.25) is 0 Å². The van der Waals surface area contributed by atoms with E-state index in [-0.39, 0.29) is 26.0 Å². The van der Waals surface area contributed by atoms with Crippen LogP contribution < -0.4 is 5.32 Å². The Morgan fingerprint density at radius 3 is 2.31 bits per heavy atom. The van der Waals surface area contributed by atoms with Crippen molar-refractivity contribution in [3.63, 3.8) is 0 Å². The van der Waals surface area contributed by atoms with Gasteiger partial charge in [-0.2, -0.15) is 0 Å². The highest BCUT2D eigenvalue weighted by Crippen LogP contribution is 1.97. The van der Waals surface area contributed by atoms with Crippen LogP contribution in [0.3, 0.4) is 0 Å². The second kappa shape index (κ2) is 6.38. The molecule has 0 aliphatic heterocycles. The first-order valence-electron chi connectivity index (χ1n) is 3.86. The summed E-state index contributed by atoms with van der Waals surface area (Å²) >= 11 is 0. The van der Waals surface area contributed by atoms with Gasteiger partial charge in [-0.25, -0.2) is 0 Å². The molecule has 0 saturated carbocycles. The normalized spacial score (nSPS) is 12.4. The Hall–Kier alpha value is -1.14. The zero-order valence-electron chi connectivity index (χ0n) is 7.06. The van der Waals surface area contributed by atoms with Crippen LogP contribution in [0, 0.1) is 0 Å². The summed E-state index contributed by atoms with van der Waals surface area (Å²) in [4.78, 5) is 20.6. The van der Waals surface area contributed by atoms with E-state index in [1.165, 1.54) is 0 Å². The largest absolute Gasteiger partial charge is 0.481 e. The van der Waals surface area contributed by atoms with Crippen LogP contribution in [0.15, 0.2) is 0 Å². The van der Waals surface area contributed by atoms with Crippen molar-refractivity contribution in [3.05, 3.63) is 0 Å². The molecule has 0 rings (SSSR count). The lowest BCUT2D eigenvalue weighted by Crippen LogP contribution is -2.38. The lowest BCUT2D eigenvalue weighted by molar-refractivity contribution is -0.140. The van der Waals surface area contributed by atoms with Crippen molar-refractivity contribution < 1.29 is 24.9 Å². The number of rotatable bonds is 7. The minimum absolute atomic E-state index is 0.0185. The summed E-state index contributed by atoms with van der Waals surface area (Å²) < 4.78 is 0. The summed E-state index contributed by atoms with van der Waals surface area (Å²) in [6.45, 7) is -0.0204. The SMILES string of the molecule is O=C(O)CCC(NCCO)C(=O)O. The van der Waals surface area contributed by atoms with Gasteiger partial charge in [0.15, 0.2) is 0 Å². The van der Waals surface area contributed by atoms with Gasteiger partial charge in [0.25, 0.3) is 0 Å². The van der Waals surface area contributed by atoms with E-state index in [0.717, 1.165) is 0 Å². The van der Waals surface area contributed by atoms with Crippen molar-refractivity contribution in [3.8, 4) is 0 Å². The van der Waals surface area contributed by atoms with Crippen LogP contribution in [-0.2, 0) is 9.59 Å². The van der Waals surface area contributed by atoms with Gasteiger partial charge in [-0.3, -0.25) is 9.59 Å². The van der Waals surface area contributed by atoms with E-state index < -0.39 is 18.0 Å². The first kappa shape index (κ1) is 11.9. The van der Waals surface area contributed by atoms with Gasteiger partial charge in [0.1, 0.15) is 6.04 Å². The zero-order chi connectivity index (χ0) is 10.3. The molecule has 0 bridgehead atoms. The molecule has 76 valence electrons. The highest BCUT2D eigenvalue weighted by Gasteiger charge is 2.16. The summed E-state index contributed by atoms with van der Waals surface area (Å²) in [6, 6.07) is -0.900. The predicted octanol–water partition coefficient (Wildman–Crippen LogP) is -1.11. The third-order valence-electron chi connectivity index (χ3n) is 1.45. The average molecular weight is 191 g/mol. The fourth-order valence-corrected chi connectivity index (χ4v) is 0.819. The van der Waals surface area contributed by atoms with Crippen molar-refractivity contribution in [2.75, 3.05) is 13.2 Å². The Balaban J connectivity index is 3.80. The van der Waals surface area contributed by atoms with E-state index in [0.29, 0.717) is 0 Å². The minimum Gasteiger partial charge on any atom is -0.481 e. The number of carbonyl (C=O) groups is 2. The second-order valence-electron chi connectivity index (χ2n) is 2.50. The number of carboxylic acids is 2. The van der Waals surface area contributed by atoms with E-state index in [1.54, 1.807) is 0 Å². The van der Waals surface area contributed by atoms with Crippen LogP contribution in [0.4, 0.5) is 0 Å². The molecule has 0 aromatic rings. The summed E-state index contributed by atoms with van der Waals surface area (Å²) in [5.41, 5.74) is 0. The number of aliphatic hydroxyl groups is 1. The number of hydrogen-bond donors (Lipinski definition) is 4. The van der Waals surface area contributed by atoms with Crippen molar-refractivity contribution >= 4 is 11.9 Å². The maximum Gasteiger partial charge on any atom is 0.320 e. The average Bonchev–Trinajstić information content (AvgIpc) is 2.03. The number of aliphatic carboxylic acids is 2. The molecule has 13 heavy (non-hydrogen) atoms. The predicted molar refractivity (Wildman–Crippen MR) is 43.4 cm³/mol. The summed E-state index contributed by atoms with van der Waals surface area (Å²) in [6.07, 6.45) is -0.180. The maximum atomic E-state index is 10.5. The maximum absolute atomic E-state index is 10.5. The highest BCUT2D eigenvalue weighted by atomic mass is 16.4. The fourth-order valence-electron chi connectivity index (χ4n) is 0.819. The van der Waals surface area contributed by atoms with Crippen LogP contribution >= 0.6 is 0 Å². The van der Waals surface area contributed by atoms with Crippen LogP contribution in [0.1, 0.15) is 12.8 Å². The van der Waals surface area contributed by atoms with E-state index in [4.69, 9.17) is 15.3 Å². The van der Waals surface area contributed by atoms with Gasteiger partial charge in [0, 0.05) is 13.0 Å². The lowest BCUT2D eigenvalue weighted by Gasteiger charge is -2.11. The molecule has 0 fully saturated rings. The van der Waals surface area contributed by atoms with Crippen LogP contribution in [-0.4, -0.2) is 46.5 Å². The van der Waals surface area contributed by atoms with Gasteiger partial charge >= 0.3 is 11.9 Å². The van der Waals surface area contributed by atoms with Crippen molar-refractivity contribution in [1.29, 1.82) is 0 Å². The molecule has 0 radical (unpaired) electrons. The second-order valence-corrected chi connectivity index (χ2v) is 2.50. The fraction of sp³-hybridized carbons (Fsp3) is 0.714. The van der Waals surface area contributed by atoms with Crippen LogP contribution in [0.5, 0.6) is 0 Å². The number of aliphatic hydroxyl groups excluding tert-OH is 1. The molecule has 6 nitrogen and oxygen atoms in total. The van der Waals surface area contributed by atoms with E-state index in [9.17, 15) is 9.59 Å². The first-order chi connectivity index (χ1) is 6.07. The van der Waals surface area contributed by atoms with Gasteiger partial charge in [0.2, 0.25) is 0 Å². The van der Waals surface area contributed by atoms with Gasteiger partial charge in [-0.05, 0) is 6.42 Å². The molecule has 1 atom stereocenters. The Morgan fingerprint density at radius 2 is 1.92 bits per heavy atom. The first-order valence-corrected chi connectivity index (χ1v) is 3.86. The van der Waals surface area contributed by atoms with Gasteiger partial charge < -0.3 is 20.6 Å². The van der Waals surface area contributed by atoms with Gasteiger partial charge in [-0.15, -0.1) is 0 Å². The number of nitrogens with one attached hydrogen (secondary N) is 1. The lowest BCUT2D eigenvalue weighted by atomic mass is 10.1.